The Labute approximate surface area is 136 Å². The van der Waals surface area contributed by atoms with Gasteiger partial charge < -0.3 is 9.84 Å². The zero-order chi connectivity index (χ0) is 16.4. The molecule has 5 nitrogen and oxygen atoms in total. The molecule has 2 N–H and O–H groups in total. The van der Waals surface area contributed by atoms with Crippen LogP contribution in [0.25, 0.3) is 0 Å². The van der Waals surface area contributed by atoms with Gasteiger partial charge in [-0.05, 0) is 54.9 Å². The van der Waals surface area contributed by atoms with Crippen molar-refractivity contribution in [3.8, 4) is 11.5 Å². The van der Waals surface area contributed by atoms with Gasteiger partial charge in [-0.25, -0.2) is 5.43 Å². The SMILES string of the molecule is CCOc1cc(/C=N/NC(=O)[C@@H]2[C@H]3CCCC[C@@]32C)ccc1O. The molecule has 0 radical (unpaired) electrons. The molecule has 2 aliphatic rings. The lowest BCUT2D eigenvalue weighted by atomic mass is 9.90. The number of nitrogens with zero attached hydrogens (tertiary/aromatic N) is 1. The first-order chi connectivity index (χ1) is 11.1. The van der Waals surface area contributed by atoms with E-state index in [2.05, 4.69) is 17.5 Å². The highest BCUT2D eigenvalue weighted by Gasteiger charge is 2.64. The normalized spacial score (nSPS) is 29.1. The van der Waals surface area contributed by atoms with Crippen molar-refractivity contribution in [2.45, 2.75) is 39.5 Å². The summed E-state index contributed by atoms with van der Waals surface area (Å²) in [5, 5.41) is 13.7. The molecule has 0 bridgehead atoms. The van der Waals surface area contributed by atoms with Crippen LogP contribution in [0.1, 0.15) is 45.1 Å². The molecule has 0 saturated heterocycles. The zero-order valence-corrected chi connectivity index (χ0v) is 13.7. The van der Waals surface area contributed by atoms with E-state index in [1.807, 2.05) is 6.92 Å². The summed E-state index contributed by atoms with van der Waals surface area (Å²) in [4.78, 5) is 12.3. The largest absolute Gasteiger partial charge is 0.504 e. The lowest BCUT2D eigenvalue weighted by Gasteiger charge is -2.15. The zero-order valence-electron chi connectivity index (χ0n) is 13.7. The number of nitrogens with one attached hydrogen (secondary N) is 1. The van der Waals surface area contributed by atoms with Crippen LogP contribution in [-0.2, 0) is 4.79 Å². The number of carbonyl (C=O) groups is 1. The summed E-state index contributed by atoms with van der Waals surface area (Å²) in [6.07, 6.45) is 6.35. The summed E-state index contributed by atoms with van der Waals surface area (Å²) >= 11 is 0. The number of benzene rings is 1. The molecule has 2 saturated carbocycles. The maximum absolute atomic E-state index is 12.3. The Bertz CT molecular complexity index is 629. The van der Waals surface area contributed by atoms with Crippen molar-refractivity contribution in [2.24, 2.45) is 22.4 Å². The van der Waals surface area contributed by atoms with Gasteiger partial charge >= 0.3 is 0 Å². The molecule has 0 aliphatic heterocycles. The highest BCUT2D eigenvalue weighted by atomic mass is 16.5. The Morgan fingerprint density at radius 3 is 3.04 bits per heavy atom. The maximum Gasteiger partial charge on any atom is 0.244 e. The first kappa shape index (κ1) is 15.8. The summed E-state index contributed by atoms with van der Waals surface area (Å²) in [7, 11) is 0. The fourth-order valence-corrected chi connectivity index (χ4v) is 3.97. The van der Waals surface area contributed by atoms with Crippen LogP contribution in [0, 0.1) is 17.3 Å². The fourth-order valence-electron chi connectivity index (χ4n) is 3.97. The number of hydrazone groups is 1. The van der Waals surface area contributed by atoms with Gasteiger partial charge in [-0.1, -0.05) is 19.8 Å². The van der Waals surface area contributed by atoms with Crippen molar-refractivity contribution in [2.75, 3.05) is 6.61 Å². The summed E-state index contributed by atoms with van der Waals surface area (Å²) in [5.74, 6) is 1.19. The number of hydrogen-bond acceptors (Lipinski definition) is 4. The smallest absolute Gasteiger partial charge is 0.244 e. The average molecular weight is 316 g/mol. The molecule has 3 atom stereocenters. The van der Waals surface area contributed by atoms with Gasteiger partial charge in [0.2, 0.25) is 5.91 Å². The number of amides is 1. The molecule has 5 heteroatoms. The van der Waals surface area contributed by atoms with Crippen LogP contribution in [0.3, 0.4) is 0 Å². The Hall–Kier alpha value is -2.04. The number of aromatic hydroxyl groups is 1. The number of fused-ring (bicyclic) bond motifs is 1. The van der Waals surface area contributed by atoms with Gasteiger partial charge in [0, 0.05) is 5.92 Å². The number of phenolic OH excluding ortho intramolecular Hbond substituents is 1. The van der Waals surface area contributed by atoms with E-state index in [1.165, 1.54) is 12.8 Å². The second-order valence-corrected chi connectivity index (χ2v) is 6.73. The molecule has 2 fully saturated rings. The molecular formula is C18H24N2O3. The van der Waals surface area contributed by atoms with Crippen LogP contribution in [0.15, 0.2) is 23.3 Å². The predicted molar refractivity (Wildman–Crippen MR) is 88.6 cm³/mol. The molecule has 1 aromatic rings. The van der Waals surface area contributed by atoms with E-state index in [0.29, 0.717) is 18.3 Å². The Balaban J connectivity index is 1.59. The highest BCUT2D eigenvalue weighted by Crippen LogP contribution is 2.66. The fraction of sp³-hybridized carbons (Fsp3) is 0.556. The predicted octanol–water partition coefficient (Wildman–Crippen LogP) is 3.07. The van der Waals surface area contributed by atoms with Crippen LogP contribution in [0.5, 0.6) is 11.5 Å². The van der Waals surface area contributed by atoms with E-state index < -0.39 is 0 Å². The molecule has 2 aliphatic carbocycles. The van der Waals surface area contributed by atoms with E-state index in [4.69, 9.17) is 4.74 Å². The van der Waals surface area contributed by atoms with E-state index in [9.17, 15) is 9.90 Å². The third-order valence-electron chi connectivity index (χ3n) is 5.29. The maximum atomic E-state index is 12.3. The lowest BCUT2D eigenvalue weighted by Crippen LogP contribution is -2.22. The Morgan fingerprint density at radius 2 is 2.35 bits per heavy atom. The molecule has 124 valence electrons. The van der Waals surface area contributed by atoms with Gasteiger partial charge in [0.1, 0.15) is 0 Å². The van der Waals surface area contributed by atoms with Gasteiger partial charge in [-0.15, -0.1) is 0 Å². The topological polar surface area (TPSA) is 70.9 Å². The molecule has 1 aromatic carbocycles. The van der Waals surface area contributed by atoms with Crippen molar-refractivity contribution < 1.29 is 14.6 Å². The first-order valence-electron chi connectivity index (χ1n) is 8.35. The lowest BCUT2D eigenvalue weighted by molar-refractivity contribution is -0.123. The van der Waals surface area contributed by atoms with Crippen molar-refractivity contribution in [3.05, 3.63) is 23.8 Å². The molecule has 0 spiro atoms. The Morgan fingerprint density at radius 1 is 1.52 bits per heavy atom. The number of carbonyl (C=O) groups excluding carboxylic acids is 1. The van der Waals surface area contributed by atoms with E-state index in [-0.39, 0.29) is 23.0 Å². The quantitative estimate of drug-likeness (QED) is 0.648. The molecular weight excluding hydrogens is 292 g/mol. The van der Waals surface area contributed by atoms with Gasteiger partial charge in [0.25, 0.3) is 0 Å². The highest BCUT2D eigenvalue weighted by molar-refractivity contribution is 5.86. The summed E-state index contributed by atoms with van der Waals surface area (Å²) in [6.45, 7) is 4.56. The van der Waals surface area contributed by atoms with Crippen LogP contribution in [0.4, 0.5) is 0 Å². The standard InChI is InChI=1S/C18H24N2O3/c1-3-23-15-10-12(7-8-14(15)21)11-19-20-17(22)16-13-6-4-5-9-18(13,16)2/h7-8,10-11,13,16,21H,3-6,9H2,1-2H3,(H,20,22)/b19-11+/t13-,16+,18+/m1/s1. The van der Waals surface area contributed by atoms with Crippen molar-refractivity contribution in [1.29, 1.82) is 0 Å². The summed E-state index contributed by atoms with van der Waals surface area (Å²) < 4.78 is 5.33. The Kier molecular flexibility index (Phi) is 4.28. The molecule has 23 heavy (non-hydrogen) atoms. The third kappa shape index (κ3) is 3.05. The van der Waals surface area contributed by atoms with E-state index >= 15 is 0 Å². The van der Waals surface area contributed by atoms with Crippen LogP contribution < -0.4 is 10.2 Å². The van der Waals surface area contributed by atoms with Crippen LogP contribution >= 0.6 is 0 Å². The third-order valence-corrected chi connectivity index (χ3v) is 5.29. The van der Waals surface area contributed by atoms with Gasteiger partial charge in [-0.2, -0.15) is 5.10 Å². The number of hydrogen-bond donors (Lipinski definition) is 2. The molecule has 3 rings (SSSR count). The monoisotopic (exact) mass is 316 g/mol. The van der Waals surface area contributed by atoms with Crippen LogP contribution in [-0.4, -0.2) is 23.8 Å². The van der Waals surface area contributed by atoms with E-state index in [1.54, 1.807) is 24.4 Å². The second kappa shape index (κ2) is 6.22. The minimum absolute atomic E-state index is 0.0273. The van der Waals surface area contributed by atoms with Crippen molar-refractivity contribution in [1.82, 2.24) is 5.43 Å². The minimum atomic E-state index is 0.0273. The number of phenols is 1. The molecule has 1 amide bonds. The van der Waals surface area contributed by atoms with Crippen molar-refractivity contribution >= 4 is 12.1 Å². The second-order valence-electron chi connectivity index (χ2n) is 6.73. The minimum Gasteiger partial charge on any atom is -0.504 e. The molecule has 0 unspecified atom stereocenters. The summed E-state index contributed by atoms with van der Waals surface area (Å²) in [5.41, 5.74) is 3.63. The average Bonchev–Trinajstić information content (AvgIpc) is 3.16. The van der Waals surface area contributed by atoms with Crippen LogP contribution in [0.2, 0.25) is 0 Å². The molecule has 0 aromatic heterocycles. The van der Waals surface area contributed by atoms with E-state index in [0.717, 1.165) is 18.4 Å². The number of rotatable bonds is 5. The van der Waals surface area contributed by atoms with Crippen molar-refractivity contribution in [3.63, 3.8) is 0 Å². The van der Waals surface area contributed by atoms with Gasteiger partial charge in [0.05, 0.1) is 12.8 Å². The summed E-state index contributed by atoms with van der Waals surface area (Å²) in [6, 6.07) is 4.99. The van der Waals surface area contributed by atoms with Gasteiger partial charge in [0.15, 0.2) is 11.5 Å². The number of ether oxygens (including phenoxy) is 1. The molecule has 0 heterocycles. The van der Waals surface area contributed by atoms with Gasteiger partial charge in [-0.3, -0.25) is 4.79 Å². The first-order valence-corrected chi connectivity index (χ1v) is 8.35.